The van der Waals surface area contributed by atoms with Crippen LogP contribution in [-0.2, 0) is 9.53 Å². The number of hydrogen-bond donors (Lipinski definition) is 1. The molecule has 1 aliphatic rings. The van der Waals surface area contributed by atoms with Crippen molar-refractivity contribution >= 4 is 17.7 Å². The second kappa shape index (κ2) is 4.93. The number of carbonyl (C=O) groups is 1. The van der Waals surface area contributed by atoms with E-state index in [1.807, 2.05) is 0 Å². The van der Waals surface area contributed by atoms with E-state index in [1.54, 1.807) is 0 Å². The van der Waals surface area contributed by atoms with Crippen LogP contribution in [0.5, 0.6) is 0 Å². The summed E-state index contributed by atoms with van der Waals surface area (Å²) in [5.74, 6) is -5.91. The Labute approximate surface area is 84.8 Å². The summed E-state index contributed by atoms with van der Waals surface area (Å²) in [6.07, 6.45) is 1.86. The van der Waals surface area contributed by atoms with Gasteiger partial charge < -0.3 is 9.84 Å². The fourth-order valence-corrected chi connectivity index (χ4v) is 2.18. The Hall–Kier alpha value is -0.360. The molecular weight excluding hydrogens is 214 g/mol. The van der Waals surface area contributed by atoms with Gasteiger partial charge in [0.05, 0.1) is 11.9 Å². The van der Waals surface area contributed by atoms with Gasteiger partial charge in [0.1, 0.15) is 0 Å². The molecule has 1 fully saturated rings. The van der Waals surface area contributed by atoms with Gasteiger partial charge in [0.15, 0.2) is 0 Å². The summed E-state index contributed by atoms with van der Waals surface area (Å²) in [6, 6.07) is 0. The van der Waals surface area contributed by atoms with Crippen LogP contribution in [0.1, 0.15) is 12.8 Å². The van der Waals surface area contributed by atoms with Gasteiger partial charge in [-0.25, -0.2) is 4.79 Å². The summed E-state index contributed by atoms with van der Waals surface area (Å²) in [5.41, 5.74) is 0. The van der Waals surface area contributed by atoms with E-state index in [-0.39, 0.29) is 6.10 Å². The molecule has 1 atom stereocenters. The number of carboxylic acids is 1. The SMILES string of the molecule is O=C(O)C(F)(F)CSCC1CCCO1. The van der Waals surface area contributed by atoms with Crippen LogP contribution in [0.3, 0.4) is 0 Å². The first kappa shape index (κ1) is 11.7. The quantitative estimate of drug-likeness (QED) is 0.773. The Morgan fingerprint density at radius 1 is 1.64 bits per heavy atom. The maximum Gasteiger partial charge on any atom is 0.375 e. The van der Waals surface area contributed by atoms with Crippen molar-refractivity contribution in [1.29, 1.82) is 0 Å². The third kappa shape index (κ3) is 3.42. The summed E-state index contributed by atoms with van der Waals surface area (Å²) in [5, 5.41) is 8.14. The normalized spacial score (nSPS) is 22.6. The molecule has 0 radical (unpaired) electrons. The standard InChI is InChI=1S/C8H12F2O3S/c9-8(10,7(11)12)5-14-4-6-2-1-3-13-6/h6H,1-5H2,(H,11,12). The Morgan fingerprint density at radius 2 is 2.36 bits per heavy atom. The number of hydrogen-bond acceptors (Lipinski definition) is 3. The van der Waals surface area contributed by atoms with Crippen LogP contribution in [0, 0.1) is 0 Å². The van der Waals surface area contributed by atoms with Crippen LogP contribution in [0.2, 0.25) is 0 Å². The third-order valence-corrected chi connectivity index (χ3v) is 3.10. The Kier molecular flexibility index (Phi) is 4.12. The van der Waals surface area contributed by atoms with Crippen LogP contribution in [-0.4, -0.2) is 41.2 Å². The summed E-state index contributed by atoms with van der Waals surface area (Å²) in [6.45, 7) is 0.681. The average molecular weight is 226 g/mol. The molecule has 0 aromatic rings. The highest BCUT2D eigenvalue weighted by molar-refractivity contribution is 7.99. The first-order chi connectivity index (χ1) is 6.52. The van der Waals surface area contributed by atoms with Gasteiger partial charge in [-0.3, -0.25) is 0 Å². The molecule has 1 aliphatic heterocycles. The first-order valence-electron chi connectivity index (χ1n) is 4.33. The fourth-order valence-electron chi connectivity index (χ4n) is 1.16. The predicted molar refractivity (Wildman–Crippen MR) is 48.9 cm³/mol. The highest BCUT2D eigenvalue weighted by Gasteiger charge is 2.38. The van der Waals surface area contributed by atoms with Crippen molar-refractivity contribution in [3.8, 4) is 0 Å². The van der Waals surface area contributed by atoms with Gasteiger partial charge in [-0.1, -0.05) is 0 Å². The molecule has 1 saturated heterocycles. The molecule has 82 valence electrons. The Morgan fingerprint density at radius 3 is 2.86 bits per heavy atom. The number of aliphatic carboxylic acids is 1. The lowest BCUT2D eigenvalue weighted by molar-refractivity contribution is -0.161. The van der Waals surface area contributed by atoms with E-state index in [0.717, 1.165) is 24.6 Å². The van der Waals surface area contributed by atoms with Crippen molar-refractivity contribution in [2.75, 3.05) is 18.1 Å². The van der Waals surface area contributed by atoms with Crippen LogP contribution in [0.25, 0.3) is 0 Å². The minimum Gasteiger partial charge on any atom is -0.477 e. The van der Waals surface area contributed by atoms with Crippen molar-refractivity contribution in [2.45, 2.75) is 24.9 Å². The first-order valence-corrected chi connectivity index (χ1v) is 5.48. The van der Waals surface area contributed by atoms with Crippen LogP contribution in [0.4, 0.5) is 8.78 Å². The van der Waals surface area contributed by atoms with Crippen LogP contribution in [0.15, 0.2) is 0 Å². The average Bonchev–Trinajstić information content (AvgIpc) is 2.56. The molecule has 1 N–H and O–H groups in total. The summed E-state index contributed by atoms with van der Waals surface area (Å²) >= 11 is 0.930. The van der Waals surface area contributed by atoms with Crippen molar-refractivity contribution in [3.63, 3.8) is 0 Å². The zero-order valence-corrected chi connectivity index (χ0v) is 8.36. The van der Waals surface area contributed by atoms with Gasteiger partial charge >= 0.3 is 11.9 Å². The summed E-state index contributed by atoms with van der Waals surface area (Å²) < 4.78 is 30.3. The topological polar surface area (TPSA) is 46.5 Å². The minimum atomic E-state index is -3.62. The number of thioether (sulfide) groups is 1. The molecule has 14 heavy (non-hydrogen) atoms. The number of carboxylic acid groups (broad SMARTS) is 1. The Bertz CT molecular complexity index is 205. The highest BCUT2D eigenvalue weighted by atomic mass is 32.2. The van der Waals surface area contributed by atoms with Crippen LogP contribution < -0.4 is 0 Å². The monoisotopic (exact) mass is 226 g/mol. The van der Waals surface area contributed by atoms with E-state index in [1.165, 1.54) is 0 Å². The maximum atomic E-state index is 12.6. The van der Waals surface area contributed by atoms with Crippen molar-refractivity contribution in [1.82, 2.24) is 0 Å². The van der Waals surface area contributed by atoms with Crippen molar-refractivity contribution < 1.29 is 23.4 Å². The molecule has 6 heteroatoms. The molecule has 0 spiro atoms. The molecule has 1 heterocycles. The minimum absolute atomic E-state index is 0.0181. The number of rotatable bonds is 5. The lowest BCUT2D eigenvalue weighted by Gasteiger charge is -2.12. The summed E-state index contributed by atoms with van der Waals surface area (Å²) in [4.78, 5) is 10.1. The van der Waals surface area contributed by atoms with Gasteiger partial charge in [-0.05, 0) is 12.8 Å². The molecule has 0 bridgehead atoms. The molecule has 0 amide bonds. The van der Waals surface area contributed by atoms with Crippen LogP contribution >= 0.6 is 11.8 Å². The number of ether oxygens (including phenoxy) is 1. The lowest BCUT2D eigenvalue weighted by atomic mass is 10.3. The molecular formula is C8H12F2O3S. The van der Waals surface area contributed by atoms with Crippen molar-refractivity contribution in [3.05, 3.63) is 0 Å². The highest BCUT2D eigenvalue weighted by Crippen LogP contribution is 2.23. The fraction of sp³-hybridized carbons (Fsp3) is 0.875. The number of alkyl halides is 2. The molecule has 0 saturated carbocycles. The second-order valence-electron chi connectivity index (χ2n) is 3.16. The van der Waals surface area contributed by atoms with Gasteiger partial charge in [0.25, 0.3) is 0 Å². The lowest BCUT2D eigenvalue weighted by Crippen LogP contribution is -2.31. The van der Waals surface area contributed by atoms with E-state index in [4.69, 9.17) is 9.84 Å². The smallest absolute Gasteiger partial charge is 0.375 e. The van der Waals surface area contributed by atoms with Gasteiger partial charge in [0.2, 0.25) is 0 Å². The van der Waals surface area contributed by atoms with Gasteiger partial charge in [-0.2, -0.15) is 20.5 Å². The third-order valence-electron chi connectivity index (χ3n) is 1.92. The predicted octanol–water partition coefficient (Wildman–Crippen LogP) is 1.62. The molecule has 0 aliphatic carbocycles. The zero-order chi connectivity index (χ0) is 10.6. The molecule has 0 aromatic heterocycles. The van der Waals surface area contributed by atoms with E-state index in [0.29, 0.717) is 12.4 Å². The zero-order valence-electron chi connectivity index (χ0n) is 7.54. The second-order valence-corrected chi connectivity index (χ2v) is 4.19. The van der Waals surface area contributed by atoms with E-state index in [9.17, 15) is 13.6 Å². The molecule has 3 nitrogen and oxygen atoms in total. The van der Waals surface area contributed by atoms with Crippen molar-refractivity contribution in [2.24, 2.45) is 0 Å². The number of halogens is 2. The summed E-state index contributed by atoms with van der Waals surface area (Å²) in [7, 11) is 0. The van der Waals surface area contributed by atoms with E-state index >= 15 is 0 Å². The van der Waals surface area contributed by atoms with Gasteiger partial charge in [0, 0.05) is 12.4 Å². The van der Waals surface area contributed by atoms with E-state index < -0.39 is 17.6 Å². The van der Waals surface area contributed by atoms with Gasteiger partial charge in [-0.15, -0.1) is 0 Å². The molecule has 1 rings (SSSR count). The molecule has 0 aromatic carbocycles. The molecule has 1 unspecified atom stereocenters. The largest absolute Gasteiger partial charge is 0.477 e. The van der Waals surface area contributed by atoms with E-state index in [2.05, 4.69) is 0 Å². The maximum absolute atomic E-state index is 12.6. The Balaban J connectivity index is 2.16.